The Bertz CT molecular complexity index is 264. The fourth-order valence-electron chi connectivity index (χ4n) is 1.64. The molecular weight excluding hydrogens is 216 g/mol. The largest absolute Gasteiger partial charge is 0.310 e. The summed E-state index contributed by atoms with van der Waals surface area (Å²) in [7, 11) is 0. The number of nitrogens with one attached hydrogen (secondary N) is 1. The quantitative estimate of drug-likeness (QED) is 0.704. The van der Waals surface area contributed by atoms with E-state index in [9.17, 15) is 0 Å². The molecule has 1 N–H and O–H groups in total. The molecule has 0 saturated heterocycles. The van der Waals surface area contributed by atoms with Crippen LogP contribution in [0.5, 0.6) is 0 Å². The van der Waals surface area contributed by atoms with Crippen LogP contribution >= 0.6 is 11.8 Å². The number of hydrogen-bond donors (Lipinski definition) is 1. The second-order valence-corrected chi connectivity index (χ2v) is 5.00. The topological polar surface area (TPSA) is 24.9 Å². The summed E-state index contributed by atoms with van der Waals surface area (Å²) in [6, 6.07) is 4.58. The summed E-state index contributed by atoms with van der Waals surface area (Å²) in [6.07, 6.45) is 9.82. The van der Waals surface area contributed by atoms with E-state index in [2.05, 4.69) is 35.6 Å². The average molecular weight is 238 g/mol. The molecule has 0 saturated carbocycles. The number of aromatic nitrogens is 1. The van der Waals surface area contributed by atoms with Crippen molar-refractivity contribution in [1.29, 1.82) is 0 Å². The zero-order valence-electron chi connectivity index (χ0n) is 10.3. The Morgan fingerprint density at radius 1 is 1.25 bits per heavy atom. The SMILES string of the molecule is CSCCCCCNC(C)c1ccncc1. The maximum absolute atomic E-state index is 4.03. The summed E-state index contributed by atoms with van der Waals surface area (Å²) in [6.45, 7) is 3.31. The highest BCUT2D eigenvalue weighted by Gasteiger charge is 2.02. The van der Waals surface area contributed by atoms with E-state index in [0.29, 0.717) is 6.04 Å². The molecule has 1 aromatic rings. The van der Waals surface area contributed by atoms with Crippen LogP contribution in [0.25, 0.3) is 0 Å². The van der Waals surface area contributed by atoms with E-state index in [4.69, 9.17) is 0 Å². The molecular formula is C13H22N2S. The molecule has 0 amide bonds. The van der Waals surface area contributed by atoms with Crippen molar-refractivity contribution in [3.8, 4) is 0 Å². The number of unbranched alkanes of at least 4 members (excludes halogenated alkanes) is 2. The van der Waals surface area contributed by atoms with Crippen LogP contribution in [0, 0.1) is 0 Å². The monoisotopic (exact) mass is 238 g/mol. The zero-order chi connectivity index (χ0) is 11.6. The predicted molar refractivity (Wildman–Crippen MR) is 72.9 cm³/mol. The Morgan fingerprint density at radius 3 is 2.69 bits per heavy atom. The standard InChI is InChI=1S/C13H22N2S/c1-12(13-6-9-14-10-7-13)15-8-4-3-5-11-16-2/h6-7,9-10,12,15H,3-5,8,11H2,1-2H3. The van der Waals surface area contributed by atoms with E-state index in [0.717, 1.165) is 6.54 Å². The van der Waals surface area contributed by atoms with Crippen molar-refractivity contribution in [2.45, 2.75) is 32.2 Å². The third-order valence-corrected chi connectivity index (χ3v) is 3.38. The number of pyridine rings is 1. The molecule has 1 atom stereocenters. The third-order valence-electron chi connectivity index (χ3n) is 2.68. The number of rotatable bonds is 8. The van der Waals surface area contributed by atoms with Crippen molar-refractivity contribution < 1.29 is 0 Å². The van der Waals surface area contributed by atoms with Gasteiger partial charge in [-0.05, 0) is 56.0 Å². The van der Waals surface area contributed by atoms with Crippen molar-refractivity contribution in [2.75, 3.05) is 18.6 Å². The highest BCUT2D eigenvalue weighted by Crippen LogP contribution is 2.10. The molecule has 0 bridgehead atoms. The smallest absolute Gasteiger partial charge is 0.0292 e. The van der Waals surface area contributed by atoms with E-state index < -0.39 is 0 Å². The molecule has 16 heavy (non-hydrogen) atoms. The van der Waals surface area contributed by atoms with Crippen LogP contribution in [-0.2, 0) is 0 Å². The molecule has 0 aliphatic heterocycles. The predicted octanol–water partition coefficient (Wildman–Crippen LogP) is 3.27. The normalized spacial score (nSPS) is 12.6. The molecule has 0 spiro atoms. The summed E-state index contributed by atoms with van der Waals surface area (Å²) in [5.74, 6) is 1.29. The molecule has 0 aliphatic rings. The average Bonchev–Trinajstić information content (AvgIpc) is 2.34. The van der Waals surface area contributed by atoms with Gasteiger partial charge in [0.2, 0.25) is 0 Å². The summed E-state index contributed by atoms with van der Waals surface area (Å²) in [4.78, 5) is 4.03. The molecule has 2 nitrogen and oxygen atoms in total. The van der Waals surface area contributed by atoms with Crippen molar-refractivity contribution in [3.63, 3.8) is 0 Å². The molecule has 0 aromatic carbocycles. The van der Waals surface area contributed by atoms with Crippen LogP contribution in [0.1, 0.15) is 37.8 Å². The zero-order valence-corrected chi connectivity index (χ0v) is 11.1. The van der Waals surface area contributed by atoms with Gasteiger partial charge in [-0.15, -0.1) is 0 Å². The first-order chi connectivity index (χ1) is 7.84. The van der Waals surface area contributed by atoms with Crippen LogP contribution in [-0.4, -0.2) is 23.5 Å². The van der Waals surface area contributed by atoms with Gasteiger partial charge >= 0.3 is 0 Å². The fourth-order valence-corrected chi connectivity index (χ4v) is 2.13. The Labute approximate surface area is 103 Å². The third kappa shape index (κ3) is 5.52. The van der Waals surface area contributed by atoms with Crippen molar-refractivity contribution in [2.24, 2.45) is 0 Å². The van der Waals surface area contributed by atoms with E-state index in [1.54, 1.807) is 0 Å². The van der Waals surface area contributed by atoms with Crippen LogP contribution in [0.3, 0.4) is 0 Å². The summed E-state index contributed by atoms with van der Waals surface area (Å²) >= 11 is 1.94. The Kier molecular flexibility index (Phi) is 7.26. The lowest BCUT2D eigenvalue weighted by Crippen LogP contribution is -2.19. The van der Waals surface area contributed by atoms with Crippen molar-refractivity contribution in [3.05, 3.63) is 30.1 Å². The molecule has 90 valence electrons. The minimum Gasteiger partial charge on any atom is -0.310 e. The second kappa shape index (κ2) is 8.59. The lowest BCUT2D eigenvalue weighted by molar-refractivity contribution is 0.544. The summed E-state index contributed by atoms with van der Waals surface area (Å²) in [5, 5.41) is 3.54. The molecule has 3 heteroatoms. The van der Waals surface area contributed by atoms with Gasteiger partial charge < -0.3 is 5.32 Å². The molecule has 1 heterocycles. The van der Waals surface area contributed by atoms with Crippen LogP contribution < -0.4 is 5.32 Å². The Balaban J connectivity index is 2.09. The van der Waals surface area contributed by atoms with Crippen molar-refractivity contribution in [1.82, 2.24) is 10.3 Å². The van der Waals surface area contributed by atoms with Gasteiger partial charge in [0.1, 0.15) is 0 Å². The molecule has 0 radical (unpaired) electrons. The maximum Gasteiger partial charge on any atom is 0.0292 e. The van der Waals surface area contributed by atoms with Gasteiger partial charge in [-0.3, -0.25) is 4.98 Å². The number of nitrogens with zero attached hydrogens (tertiary/aromatic N) is 1. The lowest BCUT2D eigenvalue weighted by Gasteiger charge is -2.13. The maximum atomic E-state index is 4.03. The number of thioether (sulfide) groups is 1. The molecule has 0 fully saturated rings. The van der Waals surface area contributed by atoms with Gasteiger partial charge in [0.25, 0.3) is 0 Å². The van der Waals surface area contributed by atoms with Gasteiger partial charge in [0, 0.05) is 18.4 Å². The van der Waals surface area contributed by atoms with Gasteiger partial charge in [-0.25, -0.2) is 0 Å². The fraction of sp³-hybridized carbons (Fsp3) is 0.615. The first-order valence-electron chi connectivity index (χ1n) is 5.97. The van der Waals surface area contributed by atoms with Gasteiger partial charge in [0.05, 0.1) is 0 Å². The molecule has 1 aromatic heterocycles. The highest BCUT2D eigenvalue weighted by atomic mass is 32.2. The summed E-state index contributed by atoms with van der Waals surface area (Å²) < 4.78 is 0. The first-order valence-corrected chi connectivity index (χ1v) is 7.36. The van der Waals surface area contributed by atoms with Gasteiger partial charge in [-0.2, -0.15) is 11.8 Å². The summed E-state index contributed by atoms with van der Waals surface area (Å²) in [5.41, 5.74) is 1.32. The second-order valence-electron chi connectivity index (χ2n) is 4.01. The first kappa shape index (κ1) is 13.5. The van der Waals surface area contributed by atoms with Crippen LogP contribution in [0.4, 0.5) is 0 Å². The van der Waals surface area contributed by atoms with Crippen LogP contribution in [0.15, 0.2) is 24.5 Å². The molecule has 1 rings (SSSR count). The lowest BCUT2D eigenvalue weighted by atomic mass is 10.1. The van der Waals surface area contributed by atoms with E-state index >= 15 is 0 Å². The molecule has 0 aliphatic carbocycles. The van der Waals surface area contributed by atoms with Crippen molar-refractivity contribution >= 4 is 11.8 Å². The van der Waals surface area contributed by atoms with E-state index in [1.807, 2.05) is 24.2 Å². The van der Waals surface area contributed by atoms with E-state index in [1.165, 1.54) is 30.6 Å². The Morgan fingerprint density at radius 2 is 2.00 bits per heavy atom. The Hall–Kier alpha value is -0.540. The van der Waals surface area contributed by atoms with Gasteiger partial charge in [-0.1, -0.05) is 6.42 Å². The highest BCUT2D eigenvalue weighted by molar-refractivity contribution is 7.98. The van der Waals surface area contributed by atoms with Gasteiger partial charge in [0.15, 0.2) is 0 Å². The minimum absolute atomic E-state index is 0.434. The molecule has 1 unspecified atom stereocenters. The number of hydrogen-bond acceptors (Lipinski definition) is 3. The minimum atomic E-state index is 0.434. The van der Waals surface area contributed by atoms with Crippen LogP contribution in [0.2, 0.25) is 0 Å². The van der Waals surface area contributed by atoms with E-state index in [-0.39, 0.29) is 0 Å².